The predicted molar refractivity (Wildman–Crippen MR) is 116 cm³/mol. The lowest BCUT2D eigenvalue weighted by Gasteiger charge is -2.35. The van der Waals surface area contributed by atoms with Crippen LogP contribution in [0.4, 0.5) is 19.0 Å². The van der Waals surface area contributed by atoms with Crippen LogP contribution in [0.25, 0.3) is 11.4 Å². The number of nitrogens with zero attached hydrogens (tertiary/aromatic N) is 5. The molecule has 1 aliphatic rings. The van der Waals surface area contributed by atoms with E-state index < -0.39 is 11.7 Å². The lowest BCUT2D eigenvalue weighted by Crippen LogP contribution is -2.49. The molecule has 32 heavy (non-hydrogen) atoms. The van der Waals surface area contributed by atoms with Crippen LogP contribution in [0, 0.1) is 0 Å². The van der Waals surface area contributed by atoms with Gasteiger partial charge in [-0.15, -0.1) is 5.10 Å². The third-order valence-corrected chi connectivity index (χ3v) is 6.03. The summed E-state index contributed by atoms with van der Waals surface area (Å²) in [6.07, 6.45) is -3.72. The summed E-state index contributed by atoms with van der Waals surface area (Å²) in [4.78, 5) is 24.3. The molecule has 2 aromatic heterocycles. The van der Waals surface area contributed by atoms with Gasteiger partial charge in [-0.3, -0.25) is 9.89 Å². The van der Waals surface area contributed by atoms with Crippen molar-refractivity contribution in [2.45, 2.75) is 11.3 Å². The summed E-state index contributed by atoms with van der Waals surface area (Å²) < 4.78 is 38.4. The van der Waals surface area contributed by atoms with Crippen LogP contribution in [0.3, 0.4) is 0 Å². The van der Waals surface area contributed by atoms with Crippen molar-refractivity contribution in [3.8, 4) is 11.4 Å². The maximum Gasteiger partial charge on any atom is 0.417 e. The number of carbonyl (C=O) groups excluding carboxylic acids is 1. The number of aromatic nitrogens is 4. The lowest BCUT2D eigenvalue weighted by atomic mass is 10.2. The predicted octanol–water partition coefficient (Wildman–Crippen LogP) is 3.98. The first-order valence-corrected chi connectivity index (χ1v) is 11.0. The number of halogens is 4. The van der Waals surface area contributed by atoms with Gasteiger partial charge in [0.25, 0.3) is 0 Å². The van der Waals surface area contributed by atoms with E-state index in [2.05, 4.69) is 20.2 Å². The SMILES string of the molecule is O=C(CSc1n[nH]c(-c2ccccc2)n1)N1CCN(c2ncc(C(F)(F)F)cc2Cl)CC1. The summed E-state index contributed by atoms with van der Waals surface area (Å²) >= 11 is 7.27. The highest BCUT2D eigenvalue weighted by molar-refractivity contribution is 7.99. The summed E-state index contributed by atoms with van der Waals surface area (Å²) in [6.45, 7) is 1.68. The first-order valence-electron chi connectivity index (χ1n) is 9.67. The molecule has 1 N–H and O–H groups in total. The fraction of sp³-hybridized carbons (Fsp3) is 0.300. The van der Waals surface area contributed by atoms with Crippen LogP contribution in [0.2, 0.25) is 5.02 Å². The number of nitrogens with one attached hydrogen (secondary N) is 1. The molecule has 1 amide bonds. The molecule has 3 aromatic rings. The molecule has 0 bridgehead atoms. The molecule has 0 spiro atoms. The van der Waals surface area contributed by atoms with Gasteiger partial charge in [0.05, 0.1) is 16.3 Å². The Kier molecular flexibility index (Phi) is 6.56. The van der Waals surface area contributed by atoms with E-state index in [-0.39, 0.29) is 22.5 Å². The van der Waals surface area contributed by atoms with Crippen molar-refractivity contribution in [1.82, 2.24) is 25.1 Å². The zero-order valence-corrected chi connectivity index (χ0v) is 18.2. The van der Waals surface area contributed by atoms with Gasteiger partial charge < -0.3 is 9.80 Å². The standard InChI is InChI=1S/C20H18ClF3N6OS/c21-15-10-14(20(22,23)24)11-25-18(15)30-8-6-29(7-9-30)16(31)12-32-19-26-17(27-28-19)13-4-2-1-3-5-13/h1-5,10-11H,6-9,12H2,(H,26,27,28). The second-order valence-electron chi connectivity index (χ2n) is 7.02. The average Bonchev–Trinajstić information content (AvgIpc) is 3.27. The summed E-state index contributed by atoms with van der Waals surface area (Å²) in [5, 5.41) is 7.43. The second-order valence-corrected chi connectivity index (χ2v) is 8.37. The van der Waals surface area contributed by atoms with Gasteiger partial charge in [-0.25, -0.2) is 9.97 Å². The van der Waals surface area contributed by atoms with Gasteiger partial charge in [-0.2, -0.15) is 13.2 Å². The number of amides is 1. The zero-order valence-electron chi connectivity index (χ0n) is 16.6. The number of hydrogen-bond acceptors (Lipinski definition) is 6. The van der Waals surface area contributed by atoms with E-state index in [4.69, 9.17) is 11.6 Å². The van der Waals surface area contributed by atoms with Crippen LogP contribution in [0.15, 0.2) is 47.8 Å². The minimum atomic E-state index is -4.50. The molecule has 0 aliphatic carbocycles. The lowest BCUT2D eigenvalue weighted by molar-refractivity contribution is -0.137. The molecule has 1 saturated heterocycles. The van der Waals surface area contributed by atoms with Gasteiger partial charge in [0.1, 0.15) is 5.82 Å². The van der Waals surface area contributed by atoms with Gasteiger partial charge in [0.15, 0.2) is 5.82 Å². The van der Waals surface area contributed by atoms with E-state index in [1.807, 2.05) is 30.3 Å². The number of thioether (sulfide) groups is 1. The number of anilines is 1. The molecule has 12 heteroatoms. The molecule has 0 saturated carbocycles. The van der Waals surface area contributed by atoms with Crippen molar-refractivity contribution in [1.29, 1.82) is 0 Å². The number of piperazine rings is 1. The molecule has 0 radical (unpaired) electrons. The summed E-state index contributed by atoms with van der Waals surface area (Å²) in [7, 11) is 0. The van der Waals surface area contributed by atoms with Crippen molar-refractivity contribution < 1.29 is 18.0 Å². The molecule has 1 aliphatic heterocycles. The summed E-state index contributed by atoms with van der Waals surface area (Å²) in [6, 6.07) is 10.4. The van der Waals surface area contributed by atoms with Crippen LogP contribution in [0.1, 0.15) is 5.56 Å². The summed E-state index contributed by atoms with van der Waals surface area (Å²) in [5.74, 6) is 1.04. The molecule has 4 rings (SSSR count). The zero-order chi connectivity index (χ0) is 22.7. The number of H-pyrrole nitrogens is 1. The maximum atomic E-state index is 12.8. The number of carbonyl (C=O) groups is 1. The Labute approximate surface area is 191 Å². The third-order valence-electron chi connectivity index (χ3n) is 4.92. The van der Waals surface area contributed by atoms with E-state index in [0.29, 0.717) is 37.2 Å². The topological polar surface area (TPSA) is 78.0 Å². The van der Waals surface area contributed by atoms with E-state index in [0.717, 1.165) is 17.8 Å². The Morgan fingerprint density at radius 3 is 2.53 bits per heavy atom. The Hall–Kier alpha value is -2.79. The normalized spacial score (nSPS) is 14.6. The number of alkyl halides is 3. The molecule has 1 fully saturated rings. The van der Waals surface area contributed by atoms with Gasteiger partial charge in [0.2, 0.25) is 11.1 Å². The first kappa shape index (κ1) is 22.4. The molecule has 168 valence electrons. The number of rotatable bonds is 5. The van der Waals surface area contributed by atoms with Crippen LogP contribution < -0.4 is 4.90 Å². The van der Waals surface area contributed by atoms with E-state index >= 15 is 0 Å². The number of pyridine rings is 1. The van der Waals surface area contributed by atoms with Crippen molar-refractivity contribution in [3.05, 3.63) is 53.2 Å². The summed E-state index contributed by atoms with van der Waals surface area (Å²) in [5.41, 5.74) is 0.0179. The quantitative estimate of drug-likeness (QED) is 0.554. The van der Waals surface area contributed by atoms with Gasteiger partial charge >= 0.3 is 6.18 Å². The minimum absolute atomic E-state index is 0.0611. The number of benzene rings is 1. The van der Waals surface area contributed by atoms with Crippen LogP contribution in [-0.4, -0.2) is 62.9 Å². The van der Waals surface area contributed by atoms with Crippen molar-refractivity contribution >= 4 is 35.1 Å². The molecular formula is C20H18ClF3N6OS. The van der Waals surface area contributed by atoms with Crippen LogP contribution in [-0.2, 0) is 11.0 Å². The van der Waals surface area contributed by atoms with E-state index in [9.17, 15) is 18.0 Å². The van der Waals surface area contributed by atoms with Gasteiger partial charge in [-0.05, 0) is 6.07 Å². The molecular weight excluding hydrogens is 465 g/mol. The Bertz CT molecular complexity index is 1090. The van der Waals surface area contributed by atoms with Crippen molar-refractivity contribution in [3.63, 3.8) is 0 Å². The fourth-order valence-corrected chi connectivity index (χ4v) is 4.23. The maximum absolute atomic E-state index is 12.8. The largest absolute Gasteiger partial charge is 0.417 e. The molecule has 3 heterocycles. The molecule has 0 unspecified atom stereocenters. The molecule has 7 nitrogen and oxygen atoms in total. The molecule has 0 atom stereocenters. The highest BCUT2D eigenvalue weighted by Crippen LogP contribution is 2.33. The fourth-order valence-electron chi connectivity index (χ4n) is 3.24. The smallest absolute Gasteiger partial charge is 0.352 e. The van der Waals surface area contributed by atoms with Crippen molar-refractivity contribution in [2.75, 3.05) is 36.8 Å². The van der Waals surface area contributed by atoms with Gasteiger partial charge in [0, 0.05) is 37.9 Å². The Balaban J connectivity index is 1.29. The van der Waals surface area contributed by atoms with E-state index in [1.54, 1.807) is 9.80 Å². The molecule has 1 aromatic carbocycles. The first-order chi connectivity index (χ1) is 15.3. The number of hydrogen-bond donors (Lipinski definition) is 1. The third kappa shape index (κ3) is 5.16. The van der Waals surface area contributed by atoms with E-state index in [1.165, 1.54) is 11.8 Å². The highest BCUT2D eigenvalue weighted by atomic mass is 35.5. The Morgan fingerprint density at radius 1 is 1.16 bits per heavy atom. The van der Waals surface area contributed by atoms with Crippen LogP contribution >= 0.6 is 23.4 Å². The highest BCUT2D eigenvalue weighted by Gasteiger charge is 2.32. The van der Waals surface area contributed by atoms with Crippen LogP contribution in [0.5, 0.6) is 0 Å². The minimum Gasteiger partial charge on any atom is -0.352 e. The second kappa shape index (κ2) is 9.37. The number of aromatic amines is 1. The monoisotopic (exact) mass is 482 g/mol. The van der Waals surface area contributed by atoms with Crippen molar-refractivity contribution in [2.24, 2.45) is 0 Å². The Morgan fingerprint density at radius 2 is 1.88 bits per heavy atom. The van der Waals surface area contributed by atoms with Gasteiger partial charge in [-0.1, -0.05) is 53.7 Å². The average molecular weight is 483 g/mol.